The lowest BCUT2D eigenvalue weighted by atomic mass is 10.1. The van der Waals surface area contributed by atoms with Crippen molar-refractivity contribution in [1.29, 1.82) is 0 Å². The van der Waals surface area contributed by atoms with Crippen LogP contribution >= 0.6 is 0 Å². The van der Waals surface area contributed by atoms with Crippen LogP contribution in [0.3, 0.4) is 0 Å². The van der Waals surface area contributed by atoms with Crippen LogP contribution in [0.4, 0.5) is 0 Å². The molecule has 19 heavy (non-hydrogen) atoms. The molecule has 104 valence electrons. The van der Waals surface area contributed by atoms with E-state index in [0.717, 1.165) is 31.9 Å². The lowest BCUT2D eigenvalue weighted by Crippen LogP contribution is -2.34. The molecule has 0 N–H and O–H groups in total. The molecule has 0 amide bonds. The minimum absolute atomic E-state index is 0.132. The zero-order valence-electron chi connectivity index (χ0n) is 11.6. The molecule has 0 aromatic heterocycles. The lowest BCUT2D eigenvalue weighted by Gasteiger charge is -2.20. The summed E-state index contributed by atoms with van der Waals surface area (Å²) in [4.78, 5) is 14.4. The van der Waals surface area contributed by atoms with Crippen molar-refractivity contribution in [2.75, 3.05) is 33.4 Å². The number of hydrogen-bond donors (Lipinski definition) is 0. The Morgan fingerprint density at radius 2 is 2.37 bits per heavy atom. The van der Waals surface area contributed by atoms with E-state index in [1.165, 1.54) is 0 Å². The molecular formula is C15H21NO3. The Morgan fingerprint density at radius 1 is 1.53 bits per heavy atom. The number of Topliss-reactive ketones (excluding diaryl/α,β-unsaturated/α-hetero) is 1. The summed E-state index contributed by atoms with van der Waals surface area (Å²) < 4.78 is 10.7. The van der Waals surface area contributed by atoms with Crippen molar-refractivity contribution in [3.05, 3.63) is 29.8 Å². The molecule has 2 rings (SSSR count). The van der Waals surface area contributed by atoms with E-state index in [1.807, 2.05) is 25.1 Å². The zero-order chi connectivity index (χ0) is 13.7. The average molecular weight is 263 g/mol. The summed E-state index contributed by atoms with van der Waals surface area (Å²) in [5.74, 6) is 0.853. The van der Waals surface area contributed by atoms with Gasteiger partial charge in [0.2, 0.25) is 0 Å². The highest BCUT2D eigenvalue weighted by molar-refractivity contribution is 5.97. The largest absolute Gasteiger partial charge is 0.497 e. The third-order valence-electron chi connectivity index (χ3n) is 3.30. The molecule has 0 spiro atoms. The second-order valence-electron chi connectivity index (χ2n) is 4.93. The summed E-state index contributed by atoms with van der Waals surface area (Å²) in [6, 6.07) is 7.32. The van der Waals surface area contributed by atoms with Crippen molar-refractivity contribution < 1.29 is 14.3 Å². The average Bonchev–Trinajstić information content (AvgIpc) is 2.63. The van der Waals surface area contributed by atoms with Crippen LogP contribution in [-0.2, 0) is 4.74 Å². The molecule has 0 aliphatic carbocycles. The van der Waals surface area contributed by atoms with E-state index in [2.05, 4.69) is 4.90 Å². The Labute approximate surface area is 114 Å². The van der Waals surface area contributed by atoms with Gasteiger partial charge in [-0.1, -0.05) is 12.1 Å². The minimum atomic E-state index is 0.132. The van der Waals surface area contributed by atoms with Gasteiger partial charge in [0.15, 0.2) is 5.78 Å². The van der Waals surface area contributed by atoms with E-state index in [9.17, 15) is 4.79 Å². The van der Waals surface area contributed by atoms with Crippen molar-refractivity contribution in [2.24, 2.45) is 0 Å². The van der Waals surface area contributed by atoms with Crippen LogP contribution in [0.25, 0.3) is 0 Å². The highest BCUT2D eigenvalue weighted by atomic mass is 16.5. The van der Waals surface area contributed by atoms with Crippen LogP contribution in [-0.4, -0.2) is 50.1 Å². The fourth-order valence-electron chi connectivity index (χ4n) is 2.31. The summed E-state index contributed by atoms with van der Waals surface area (Å²) in [6.45, 7) is 5.01. The maximum Gasteiger partial charge on any atom is 0.176 e. The highest BCUT2D eigenvalue weighted by Crippen LogP contribution is 2.14. The van der Waals surface area contributed by atoms with Gasteiger partial charge >= 0.3 is 0 Å². The van der Waals surface area contributed by atoms with Crippen LogP contribution in [0.1, 0.15) is 23.7 Å². The zero-order valence-corrected chi connectivity index (χ0v) is 11.6. The first kappa shape index (κ1) is 14.0. The number of hydrogen-bond acceptors (Lipinski definition) is 4. The van der Waals surface area contributed by atoms with E-state index in [4.69, 9.17) is 9.47 Å². The molecule has 1 saturated heterocycles. The van der Waals surface area contributed by atoms with Crippen LogP contribution in [0.15, 0.2) is 24.3 Å². The Kier molecular flexibility index (Phi) is 4.93. The van der Waals surface area contributed by atoms with E-state index in [0.29, 0.717) is 12.1 Å². The van der Waals surface area contributed by atoms with Gasteiger partial charge in [-0.15, -0.1) is 0 Å². The first-order valence-corrected chi connectivity index (χ1v) is 6.70. The monoisotopic (exact) mass is 263 g/mol. The third-order valence-corrected chi connectivity index (χ3v) is 3.30. The van der Waals surface area contributed by atoms with Crippen molar-refractivity contribution >= 4 is 5.78 Å². The predicted molar refractivity (Wildman–Crippen MR) is 73.8 cm³/mol. The number of carbonyl (C=O) groups excluding carboxylic acids is 1. The van der Waals surface area contributed by atoms with E-state index in [-0.39, 0.29) is 11.9 Å². The topological polar surface area (TPSA) is 38.8 Å². The van der Waals surface area contributed by atoms with Gasteiger partial charge in [-0.05, 0) is 25.5 Å². The third kappa shape index (κ3) is 4.04. The molecule has 0 radical (unpaired) electrons. The molecule has 0 saturated carbocycles. The Bertz CT molecular complexity index is 433. The van der Waals surface area contributed by atoms with Crippen LogP contribution in [0.5, 0.6) is 5.75 Å². The Balaban J connectivity index is 1.99. The number of benzene rings is 1. The van der Waals surface area contributed by atoms with E-state index < -0.39 is 0 Å². The fraction of sp³-hybridized carbons (Fsp3) is 0.533. The predicted octanol–water partition coefficient (Wildman–Crippen LogP) is 1.99. The van der Waals surface area contributed by atoms with Gasteiger partial charge in [-0.2, -0.15) is 0 Å². The van der Waals surface area contributed by atoms with Gasteiger partial charge in [0.25, 0.3) is 0 Å². The summed E-state index contributed by atoms with van der Waals surface area (Å²) in [7, 11) is 1.61. The lowest BCUT2D eigenvalue weighted by molar-refractivity contribution is 0.0657. The number of ether oxygens (including phenoxy) is 2. The van der Waals surface area contributed by atoms with Crippen molar-refractivity contribution in [3.63, 3.8) is 0 Å². The number of nitrogens with zero attached hydrogens (tertiary/aromatic N) is 1. The molecule has 4 heteroatoms. The second-order valence-corrected chi connectivity index (χ2v) is 4.93. The minimum Gasteiger partial charge on any atom is -0.497 e. The first-order valence-electron chi connectivity index (χ1n) is 6.70. The van der Waals surface area contributed by atoms with Gasteiger partial charge in [0.1, 0.15) is 5.75 Å². The fourth-order valence-corrected chi connectivity index (χ4v) is 2.31. The van der Waals surface area contributed by atoms with Gasteiger partial charge in [0, 0.05) is 25.3 Å². The summed E-state index contributed by atoms with van der Waals surface area (Å²) in [5.41, 5.74) is 0.706. The van der Waals surface area contributed by atoms with E-state index >= 15 is 0 Å². The molecule has 1 unspecified atom stereocenters. The summed E-state index contributed by atoms with van der Waals surface area (Å²) in [6.07, 6.45) is 1.18. The molecule has 1 aromatic rings. The summed E-state index contributed by atoms with van der Waals surface area (Å²) in [5, 5.41) is 0. The molecule has 1 heterocycles. The van der Waals surface area contributed by atoms with Gasteiger partial charge in [-0.25, -0.2) is 0 Å². The molecule has 1 aromatic carbocycles. The maximum atomic E-state index is 12.3. The van der Waals surface area contributed by atoms with Crippen molar-refractivity contribution in [1.82, 2.24) is 4.90 Å². The molecule has 0 bridgehead atoms. The smallest absolute Gasteiger partial charge is 0.176 e. The first-order chi connectivity index (χ1) is 9.19. The van der Waals surface area contributed by atoms with E-state index in [1.54, 1.807) is 13.2 Å². The number of carbonyl (C=O) groups is 1. The van der Waals surface area contributed by atoms with Gasteiger partial charge < -0.3 is 9.47 Å². The number of ketones is 1. The summed E-state index contributed by atoms with van der Waals surface area (Å²) >= 11 is 0. The van der Waals surface area contributed by atoms with Crippen LogP contribution < -0.4 is 4.74 Å². The highest BCUT2D eigenvalue weighted by Gasteiger charge is 2.18. The second kappa shape index (κ2) is 6.68. The Morgan fingerprint density at radius 3 is 3.16 bits per heavy atom. The molecule has 4 nitrogen and oxygen atoms in total. The molecule has 1 atom stereocenters. The molecule has 1 fully saturated rings. The van der Waals surface area contributed by atoms with Gasteiger partial charge in [-0.3, -0.25) is 9.69 Å². The number of rotatable bonds is 4. The number of methoxy groups -OCH3 is 1. The molecule has 1 aliphatic rings. The molecular weight excluding hydrogens is 242 g/mol. The maximum absolute atomic E-state index is 12.3. The standard InChI is InChI=1S/C15H21NO3/c1-12-10-16(7-4-8-19-12)11-15(17)13-5-3-6-14(9-13)18-2/h3,5-6,9,12H,4,7-8,10-11H2,1-2H3. The SMILES string of the molecule is COc1cccc(C(=O)CN2CCCOC(C)C2)c1. The van der Waals surface area contributed by atoms with Gasteiger partial charge in [0.05, 0.1) is 19.8 Å². The van der Waals surface area contributed by atoms with Crippen LogP contribution in [0.2, 0.25) is 0 Å². The van der Waals surface area contributed by atoms with Crippen molar-refractivity contribution in [2.45, 2.75) is 19.4 Å². The van der Waals surface area contributed by atoms with Crippen LogP contribution in [0, 0.1) is 0 Å². The normalized spacial score (nSPS) is 20.8. The molecule has 1 aliphatic heterocycles. The Hall–Kier alpha value is -1.39. The van der Waals surface area contributed by atoms with Crippen molar-refractivity contribution in [3.8, 4) is 5.75 Å². The quantitative estimate of drug-likeness (QED) is 0.779.